The Morgan fingerprint density at radius 2 is 1.86 bits per heavy atom. The molecular weight excluding hydrogens is 276 g/mol. The molecule has 1 aliphatic heterocycles. The summed E-state index contributed by atoms with van der Waals surface area (Å²) < 4.78 is 16.1. The number of hydrogen-bond donors (Lipinski definition) is 3. The maximum absolute atomic E-state index is 10.9. The molecule has 1 aromatic carbocycles. The molecule has 0 bridgehead atoms. The molecule has 0 aromatic heterocycles. The Kier molecular flexibility index (Phi) is 5.32. The first-order chi connectivity index (χ1) is 10.1. The zero-order chi connectivity index (χ0) is 15.5. The summed E-state index contributed by atoms with van der Waals surface area (Å²) in [5, 5.41) is 30.3. The van der Waals surface area contributed by atoms with Crippen molar-refractivity contribution in [2.24, 2.45) is 0 Å². The van der Waals surface area contributed by atoms with Crippen molar-refractivity contribution in [2.45, 2.75) is 36.6 Å². The fourth-order valence-electron chi connectivity index (χ4n) is 2.80. The molecule has 6 heteroatoms. The number of aliphatic hydroxyl groups excluding tert-OH is 2. The molecule has 5 atom stereocenters. The summed E-state index contributed by atoms with van der Waals surface area (Å²) in [6.45, 7) is -0.422. The van der Waals surface area contributed by atoms with E-state index in [1.54, 1.807) is 0 Å². The standard InChI is InChI=1S/C15H22O6/c1-19-13-12(17)11(9-16)21-15(18,14(13)20-2)8-10-6-4-3-5-7-10/h3-7,11-14,16-18H,8-9H2,1-2H3/t11-,12-,13+,14-,15-/m1/s1. The summed E-state index contributed by atoms with van der Waals surface area (Å²) >= 11 is 0. The highest BCUT2D eigenvalue weighted by Crippen LogP contribution is 2.34. The van der Waals surface area contributed by atoms with Gasteiger partial charge in [0.05, 0.1) is 6.61 Å². The van der Waals surface area contributed by atoms with Gasteiger partial charge in [0.25, 0.3) is 0 Å². The first-order valence-corrected chi connectivity index (χ1v) is 6.84. The lowest BCUT2D eigenvalue weighted by atomic mass is 9.88. The number of benzene rings is 1. The van der Waals surface area contributed by atoms with E-state index in [4.69, 9.17) is 14.2 Å². The Hall–Kier alpha value is -1.02. The molecule has 21 heavy (non-hydrogen) atoms. The minimum Gasteiger partial charge on any atom is -0.394 e. The number of methoxy groups -OCH3 is 2. The highest BCUT2D eigenvalue weighted by Gasteiger charge is 2.54. The van der Waals surface area contributed by atoms with E-state index in [1.807, 2.05) is 30.3 Å². The molecule has 2 rings (SSSR count). The van der Waals surface area contributed by atoms with Crippen LogP contribution in [0.2, 0.25) is 0 Å². The Morgan fingerprint density at radius 1 is 1.19 bits per heavy atom. The topological polar surface area (TPSA) is 88.4 Å². The van der Waals surface area contributed by atoms with Crippen LogP contribution in [0.15, 0.2) is 30.3 Å². The molecule has 1 heterocycles. The Morgan fingerprint density at radius 3 is 2.38 bits per heavy atom. The van der Waals surface area contributed by atoms with Gasteiger partial charge >= 0.3 is 0 Å². The lowest BCUT2D eigenvalue weighted by Crippen LogP contribution is -2.67. The summed E-state index contributed by atoms with van der Waals surface area (Å²) in [5.41, 5.74) is 0.852. The van der Waals surface area contributed by atoms with Gasteiger partial charge in [-0.2, -0.15) is 0 Å². The van der Waals surface area contributed by atoms with Crippen LogP contribution in [0, 0.1) is 0 Å². The van der Waals surface area contributed by atoms with Crippen LogP contribution >= 0.6 is 0 Å². The summed E-state index contributed by atoms with van der Waals surface area (Å²) in [4.78, 5) is 0. The predicted octanol–water partition coefficient (Wildman–Crippen LogP) is -0.300. The number of aliphatic hydroxyl groups is 3. The van der Waals surface area contributed by atoms with Crippen LogP contribution in [0.25, 0.3) is 0 Å². The third-order valence-electron chi connectivity index (χ3n) is 3.82. The molecule has 1 aromatic rings. The second-order valence-electron chi connectivity index (χ2n) is 5.19. The third kappa shape index (κ3) is 3.26. The average Bonchev–Trinajstić information content (AvgIpc) is 2.49. The average molecular weight is 298 g/mol. The van der Waals surface area contributed by atoms with Crippen molar-refractivity contribution in [3.05, 3.63) is 35.9 Å². The van der Waals surface area contributed by atoms with Crippen LogP contribution < -0.4 is 0 Å². The van der Waals surface area contributed by atoms with Crippen LogP contribution in [-0.4, -0.2) is 66.3 Å². The molecule has 118 valence electrons. The Labute approximate surface area is 123 Å². The second kappa shape index (κ2) is 6.83. The van der Waals surface area contributed by atoms with E-state index in [0.717, 1.165) is 5.56 Å². The van der Waals surface area contributed by atoms with Gasteiger partial charge in [-0.3, -0.25) is 0 Å². The van der Waals surface area contributed by atoms with Crippen molar-refractivity contribution in [1.82, 2.24) is 0 Å². The van der Waals surface area contributed by atoms with Gasteiger partial charge in [-0.1, -0.05) is 30.3 Å². The summed E-state index contributed by atoms with van der Waals surface area (Å²) in [5.74, 6) is -1.69. The first kappa shape index (κ1) is 16.4. The molecule has 0 aliphatic carbocycles. The quantitative estimate of drug-likeness (QED) is 0.692. The summed E-state index contributed by atoms with van der Waals surface area (Å²) in [6.07, 6.45) is -3.53. The van der Waals surface area contributed by atoms with Crippen LogP contribution in [0.1, 0.15) is 5.56 Å². The molecule has 6 nitrogen and oxygen atoms in total. The van der Waals surface area contributed by atoms with E-state index in [0.29, 0.717) is 0 Å². The molecule has 3 N–H and O–H groups in total. The van der Waals surface area contributed by atoms with Crippen LogP contribution in [0.4, 0.5) is 0 Å². The van der Waals surface area contributed by atoms with Crippen molar-refractivity contribution < 1.29 is 29.5 Å². The molecule has 0 unspecified atom stereocenters. The van der Waals surface area contributed by atoms with Gasteiger partial charge in [0, 0.05) is 20.6 Å². The van der Waals surface area contributed by atoms with E-state index in [-0.39, 0.29) is 6.42 Å². The SMILES string of the molecule is CO[C@H]1[C@H](O)[C@@H](CO)O[C@](O)(Cc2ccccc2)[C@@H]1OC. The predicted molar refractivity (Wildman–Crippen MR) is 74.7 cm³/mol. The van der Waals surface area contributed by atoms with Crippen molar-refractivity contribution >= 4 is 0 Å². The largest absolute Gasteiger partial charge is 0.394 e. The molecule has 0 saturated carbocycles. The normalized spacial score (nSPS) is 36.6. The van der Waals surface area contributed by atoms with Crippen molar-refractivity contribution in [2.75, 3.05) is 20.8 Å². The minimum absolute atomic E-state index is 0.162. The van der Waals surface area contributed by atoms with Gasteiger partial charge in [0.15, 0.2) is 5.79 Å². The molecule has 0 spiro atoms. The van der Waals surface area contributed by atoms with Crippen molar-refractivity contribution in [3.8, 4) is 0 Å². The number of hydrogen-bond acceptors (Lipinski definition) is 6. The van der Waals surface area contributed by atoms with Gasteiger partial charge in [-0.15, -0.1) is 0 Å². The Balaban J connectivity index is 2.29. The van der Waals surface area contributed by atoms with Crippen molar-refractivity contribution in [1.29, 1.82) is 0 Å². The molecule has 1 saturated heterocycles. The zero-order valence-electron chi connectivity index (χ0n) is 12.2. The lowest BCUT2D eigenvalue weighted by molar-refractivity contribution is -0.355. The van der Waals surface area contributed by atoms with E-state index in [9.17, 15) is 15.3 Å². The summed E-state index contributed by atoms with van der Waals surface area (Å²) in [7, 11) is 2.84. The van der Waals surface area contributed by atoms with Gasteiger partial charge in [-0.05, 0) is 5.56 Å². The van der Waals surface area contributed by atoms with Crippen LogP contribution in [0.3, 0.4) is 0 Å². The molecule has 1 fully saturated rings. The van der Waals surface area contributed by atoms with E-state index >= 15 is 0 Å². The van der Waals surface area contributed by atoms with Gasteiger partial charge < -0.3 is 29.5 Å². The number of ether oxygens (including phenoxy) is 3. The monoisotopic (exact) mass is 298 g/mol. The zero-order valence-corrected chi connectivity index (χ0v) is 12.2. The highest BCUT2D eigenvalue weighted by atomic mass is 16.7. The van der Waals surface area contributed by atoms with Gasteiger partial charge in [0.2, 0.25) is 0 Å². The van der Waals surface area contributed by atoms with Crippen LogP contribution in [-0.2, 0) is 20.6 Å². The maximum atomic E-state index is 10.9. The fourth-order valence-corrected chi connectivity index (χ4v) is 2.80. The maximum Gasteiger partial charge on any atom is 0.199 e. The fraction of sp³-hybridized carbons (Fsp3) is 0.600. The molecule has 0 radical (unpaired) electrons. The summed E-state index contributed by atoms with van der Waals surface area (Å²) in [6, 6.07) is 9.30. The molecule has 0 amide bonds. The van der Waals surface area contributed by atoms with E-state index < -0.39 is 36.8 Å². The first-order valence-electron chi connectivity index (χ1n) is 6.84. The highest BCUT2D eigenvalue weighted by molar-refractivity contribution is 5.18. The minimum atomic E-state index is -1.69. The molecule has 1 aliphatic rings. The third-order valence-corrected chi connectivity index (χ3v) is 3.82. The van der Waals surface area contributed by atoms with Gasteiger partial charge in [-0.25, -0.2) is 0 Å². The molecular formula is C15H22O6. The Bertz CT molecular complexity index is 439. The lowest BCUT2D eigenvalue weighted by Gasteiger charge is -2.48. The van der Waals surface area contributed by atoms with E-state index in [1.165, 1.54) is 14.2 Å². The smallest absolute Gasteiger partial charge is 0.199 e. The number of rotatable bonds is 5. The van der Waals surface area contributed by atoms with Crippen LogP contribution in [0.5, 0.6) is 0 Å². The van der Waals surface area contributed by atoms with Gasteiger partial charge in [0.1, 0.15) is 24.4 Å². The van der Waals surface area contributed by atoms with Crippen molar-refractivity contribution in [3.63, 3.8) is 0 Å². The second-order valence-corrected chi connectivity index (χ2v) is 5.19. The van der Waals surface area contributed by atoms with E-state index in [2.05, 4.69) is 0 Å².